The van der Waals surface area contributed by atoms with Gasteiger partial charge in [0.1, 0.15) is 9.84 Å². The van der Waals surface area contributed by atoms with Crippen molar-refractivity contribution in [3.8, 4) is 0 Å². The Hall–Kier alpha value is -0.340. The van der Waals surface area contributed by atoms with Crippen molar-refractivity contribution in [1.82, 2.24) is 10.2 Å². The lowest BCUT2D eigenvalue weighted by Crippen LogP contribution is -2.46. The van der Waals surface area contributed by atoms with Gasteiger partial charge in [-0.2, -0.15) is 13.2 Å². The molecule has 8 heteroatoms. The minimum atomic E-state index is -4.14. The van der Waals surface area contributed by atoms with Gasteiger partial charge < -0.3 is 5.32 Å². The number of hydrogen-bond acceptors (Lipinski definition) is 4. The van der Waals surface area contributed by atoms with Gasteiger partial charge in [0.2, 0.25) is 0 Å². The van der Waals surface area contributed by atoms with E-state index in [-0.39, 0.29) is 11.8 Å². The van der Waals surface area contributed by atoms with Crippen LogP contribution in [0.5, 0.6) is 0 Å². The summed E-state index contributed by atoms with van der Waals surface area (Å²) >= 11 is 0. The molecule has 1 heterocycles. The summed E-state index contributed by atoms with van der Waals surface area (Å²) in [4.78, 5) is 1.38. The van der Waals surface area contributed by atoms with Crippen LogP contribution < -0.4 is 5.32 Å². The molecule has 0 saturated carbocycles. The second-order valence-electron chi connectivity index (χ2n) is 4.75. The molecular weight excluding hydrogens is 269 g/mol. The normalized spacial score (nSPS) is 20.2. The lowest BCUT2D eigenvalue weighted by Gasteiger charge is -2.32. The van der Waals surface area contributed by atoms with Gasteiger partial charge in [-0.15, -0.1) is 0 Å². The van der Waals surface area contributed by atoms with Crippen molar-refractivity contribution in [3.05, 3.63) is 0 Å². The van der Waals surface area contributed by atoms with E-state index in [0.717, 1.165) is 0 Å². The summed E-state index contributed by atoms with van der Waals surface area (Å²) in [6, 6.07) is 0.122. The molecule has 0 spiro atoms. The lowest BCUT2D eigenvalue weighted by molar-refractivity contribution is -0.148. The number of piperidine rings is 1. The highest BCUT2D eigenvalue weighted by Gasteiger charge is 2.32. The van der Waals surface area contributed by atoms with Crippen molar-refractivity contribution in [3.63, 3.8) is 0 Å². The highest BCUT2D eigenvalue weighted by Crippen LogP contribution is 2.19. The topological polar surface area (TPSA) is 49.4 Å². The van der Waals surface area contributed by atoms with E-state index in [4.69, 9.17) is 0 Å². The predicted molar refractivity (Wildman–Crippen MR) is 63.2 cm³/mol. The molecule has 0 unspecified atom stereocenters. The fourth-order valence-corrected chi connectivity index (χ4v) is 2.49. The maximum atomic E-state index is 12.1. The molecule has 108 valence electrons. The minimum Gasteiger partial charge on any atom is -0.313 e. The maximum absolute atomic E-state index is 12.1. The summed E-state index contributed by atoms with van der Waals surface area (Å²) in [5.41, 5.74) is 0. The number of likely N-dealkylation sites (tertiary alicyclic amines) is 1. The first-order chi connectivity index (χ1) is 8.16. The third-order valence-corrected chi connectivity index (χ3v) is 3.84. The van der Waals surface area contributed by atoms with Crippen LogP contribution >= 0.6 is 0 Å². The number of sulfone groups is 1. The second kappa shape index (κ2) is 6.21. The van der Waals surface area contributed by atoms with Crippen LogP contribution in [0.15, 0.2) is 0 Å². The van der Waals surface area contributed by atoms with E-state index in [0.29, 0.717) is 32.5 Å². The molecule has 0 aromatic heterocycles. The van der Waals surface area contributed by atoms with Gasteiger partial charge in [0, 0.05) is 18.8 Å². The smallest absolute Gasteiger partial charge is 0.313 e. The van der Waals surface area contributed by atoms with Gasteiger partial charge in [-0.1, -0.05) is 0 Å². The molecule has 1 rings (SSSR count). The lowest BCUT2D eigenvalue weighted by atomic mass is 10.1. The first-order valence-electron chi connectivity index (χ1n) is 5.86. The van der Waals surface area contributed by atoms with Crippen LogP contribution in [0.25, 0.3) is 0 Å². The highest BCUT2D eigenvalue weighted by atomic mass is 32.2. The van der Waals surface area contributed by atoms with E-state index in [2.05, 4.69) is 5.32 Å². The summed E-state index contributed by atoms with van der Waals surface area (Å²) in [6.45, 7) is 0.304. The number of nitrogens with one attached hydrogen (secondary N) is 1. The van der Waals surface area contributed by atoms with Crippen LogP contribution in [0.4, 0.5) is 13.2 Å². The zero-order valence-corrected chi connectivity index (χ0v) is 11.1. The van der Waals surface area contributed by atoms with Crippen molar-refractivity contribution >= 4 is 9.84 Å². The number of alkyl halides is 3. The zero-order valence-electron chi connectivity index (χ0n) is 10.3. The van der Waals surface area contributed by atoms with Crippen molar-refractivity contribution in [1.29, 1.82) is 0 Å². The third kappa shape index (κ3) is 7.17. The average Bonchev–Trinajstić information content (AvgIpc) is 2.16. The molecule has 1 N–H and O–H groups in total. The molecule has 1 fully saturated rings. The maximum Gasteiger partial charge on any atom is 0.401 e. The van der Waals surface area contributed by atoms with Crippen LogP contribution in [0.2, 0.25) is 0 Å². The molecule has 0 radical (unpaired) electrons. The molecule has 0 atom stereocenters. The van der Waals surface area contributed by atoms with Crippen LogP contribution in [0.3, 0.4) is 0 Å². The van der Waals surface area contributed by atoms with Gasteiger partial charge in [0.15, 0.2) is 0 Å². The van der Waals surface area contributed by atoms with Gasteiger partial charge in [-0.05, 0) is 25.9 Å². The van der Waals surface area contributed by atoms with E-state index < -0.39 is 22.6 Å². The van der Waals surface area contributed by atoms with Gasteiger partial charge in [0.25, 0.3) is 0 Å². The van der Waals surface area contributed by atoms with E-state index in [9.17, 15) is 21.6 Å². The molecule has 0 aromatic carbocycles. The molecular formula is C10H19F3N2O2S. The summed E-state index contributed by atoms with van der Waals surface area (Å²) < 4.78 is 58.3. The van der Waals surface area contributed by atoms with Crippen LogP contribution in [0, 0.1) is 0 Å². The predicted octanol–water partition coefficient (Wildman–Crippen LogP) is 0.647. The number of halogens is 3. The monoisotopic (exact) mass is 288 g/mol. The van der Waals surface area contributed by atoms with E-state index in [1.54, 1.807) is 0 Å². The van der Waals surface area contributed by atoms with E-state index in [1.807, 2.05) is 0 Å². The standard InChI is InChI=1S/C10H19F3N2O2S/c1-18(16,17)7-4-14-9-2-5-15(6-3-9)8-10(11,12)13/h9,14H,2-8H2,1H3. The van der Waals surface area contributed by atoms with Crippen molar-refractivity contribution < 1.29 is 21.6 Å². The zero-order chi connectivity index (χ0) is 13.8. The molecule has 1 saturated heterocycles. The fraction of sp³-hybridized carbons (Fsp3) is 1.00. The Morgan fingerprint density at radius 3 is 2.28 bits per heavy atom. The Bertz CT molecular complexity index is 349. The Morgan fingerprint density at radius 2 is 1.83 bits per heavy atom. The third-order valence-electron chi connectivity index (χ3n) is 2.90. The Kier molecular flexibility index (Phi) is 5.42. The Morgan fingerprint density at radius 1 is 1.28 bits per heavy atom. The molecule has 0 aliphatic carbocycles. The highest BCUT2D eigenvalue weighted by molar-refractivity contribution is 7.90. The number of hydrogen-bond donors (Lipinski definition) is 1. The Balaban J connectivity index is 2.20. The van der Waals surface area contributed by atoms with Gasteiger partial charge >= 0.3 is 6.18 Å². The van der Waals surface area contributed by atoms with Crippen molar-refractivity contribution in [2.75, 3.05) is 38.2 Å². The summed E-state index contributed by atoms with van der Waals surface area (Å²) in [7, 11) is -2.98. The molecule has 0 amide bonds. The quantitative estimate of drug-likeness (QED) is 0.807. The first kappa shape index (κ1) is 15.7. The van der Waals surface area contributed by atoms with Crippen LogP contribution in [-0.2, 0) is 9.84 Å². The molecule has 18 heavy (non-hydrogen) atoms. The molecule has 4 nitrogen and oxygen atoms in total. The van der Waals surface area contributed by atoms with Gasteiger partial charge in [0.05, 0.1) is 12.3 Å². The summed E-state index contributed by atoms with van der Waals surface area (Å²) in [6.07, 6.45) is -1.73. The SMILES string of the molecule is CS(=O)(=O)CCNC1CCN(CC(F)(F)F)CC1. The first-order valence-corrected chi connectivity index (χ1v) is 7.92. The van der Waals surface area contributed by atoms with E-state index >= 15 is 0 Å². The fourth-order valence-electron chi connectivity index (χ4n) is 2.00. The van der Waals surface area contributed by atoms with Crippen molar-refractivity contribution in [2.24, 2.45) is 0 Å². The number of nitrogens with zero attached hydrogens (tertiary/aromatic N) is 1. The van der Waals surface area contributed by atoms with Crippen molar-refractivity contribution in [2.45, 2.75) is 25.1 Å². The molecule has 0 aromatic rings. The van der Waals surface area contributed by atoms with Gasteiger partial charge in [-0.3, -0.25) is 4.90 Å². The molecule has 1 aliphatic heterocycles. The molecule has 1 aliphatic rings. The number of rotatable bonds is 5. The molecule has 0 bridgehead atoms. The summed E-state index contributed by atoms with van der Waals surface area (Å²) in [5.74, 6) is 0.0652. The minimum absolute atomic E-state index is 0.0652. The summed E-state index contributed by atoms with van der Waals surface area (Å²) in [5, 5.41) is 3.07. The Labute approximate surface area is 105 Å². The van der Waals surface area contributed by atoms with Crippen LogP contribution in [-0.4, -0.2) is 63.7 Å². The van der Waals surface area contributed by atoms with Crippen LogP contribution in [0.1, 0.15) is 12.8 Å². The van der Waals surface area contributed by atoms with E-state index in [1.165, 1.54) is 11.2 Å². The largest absolute Gasteiger partial charge is 0.401 e. The van der Waals surface area contributed by atoms with Gasteiger partial charge in [-0.25, -0.2) is 8.42 Å². The average molecular weight is 288 g/mol. The second-order valence-corrected chi connectivity index (χ2v) is 7.01.